The van der Waals surface area contributed by atoms with Crippen LogP contribution >= 0.6 is 22.9 Å². The average Bonchev–Trinajstić information content (AvgIpc) is 3.12. The van der Waals surface area contributed by atoms with Gasteiger partial charge in [-0.3, -0.25) is 5.32 Å². The summed E-state index contributed by atoms with van der Waals surface area (Å²) in [6.45, 7) is 6.72. The SMILES string of the molecule is CC(C)(C)OC(=O)Nc1sc2c(F)ccc(-c3c(Cl)cc4c(N5CC6NC7CC67C5)ncnc4c3F)c2c1C#N. The maximum atomic E-state index is 16.3. The quantitative estimate of drug-likeness (QED) is 0.297. The van der Waals surface area contributed by atoms with E-state index in [1.54, 1.807) is 26.8 Å². The summed E-state index contributed by atoms with van der Waals surface area (Å²) >= 11 is 7.61. The predicted molar refractivity (Wildman–Crippen MR) is 150 cm³/mol. The first-order valence-corrected chi connectivity index (χ1v) is 14.0. The van der Waals surface area contributed by atoms with E-state index in [1.165, 1.54) is 18.5 Å². The molecule has 40 heavy (non-hydrogen) atoms. The summed E-state index contributed by atoms with van der Waals surface area (Å²) in [6.07, 6.45) is 1.69. The number of benzene rings is 2. The number of nitrogens with one attached hydrogen (secondary N) is 2. The van der Waals surface area contributed by atoms with E-state index in [0.717, 1.165) is 30.8 Å². The number of hydrogen-bond donors (Lipinski definition) is 2. The van der Waals surface area contributed by atoms with E-state index in [1.807, 2.05) is 6.07 Å². The Hall–Kier alpha value is -3.59. The van der Waals surface area contributed by atoms with Crippen molar-refractivity contribution in [3.63, 3.8) is 0 Å². The second kappa shape index (κ2) is 8.46. The molecule has 1 amide bonds. The highest BCUT2D eigenvalue weighted by Crippen LogP contribution is 2.61. The first-order chi connectivity index (χ1) is 19.0. The van der Waals surface area contributed by atoms with Gasteiger partial charge in [0.2, 0.25) is 0 Å². The Morgan fingerprint density at radius 1 is 1.32 bits per heavy atom. The van der Waals surface area contributed by atoms with E-state index in [2.05, 4.69) is 25.5 Å². The molecular formula is C28H23ClF2N6O2S. The molecule has 4 heterocycles. The van der Waals surface area contributed by atoms with Gasteiger partial charge in [-0.1, -0.05) is 17.7 Å². The van der Waals surface area contributed by atoms with Crippen LogP contribution in [0.1, 0.15) is 32.8 Å². The Kier molecular flexibility index (Phi) is 5.37. The summed E-state index contributed by atoms with van der Waals surface area (Å²) in [5.41, 5.74) is -0.216. The normalized spacial score (nSPS) is 23.0. The predicted octanol–water partition coefficient (Wildman–Crippen LogP) is 6.21. The number of hydrogen-bond acceptors (Lipinski definition) is 8. The number of amides is 1. The molecule has 1 saturated carbocycles. The lowest BCUT2D eigenvalue weighted by Crippen LogP contribution is -2.51. The van der Waals surface area contributed by atoms with Crippen LogP contribution in [0.15, 0.2) is 24.5 Å². The molecule has 2 aromatic carbocycles. The Morgan fingerprint density at radius 2 is 2.12 bits per heavy atom. The molecule has 204 valence electrons. The number of nitrogens with zero attached hydrogens (tertiary/aromatic N) is 4. The molecule has 2 saturated heterocycles. The lowest BCUT2D eigenvalue weighted by molar-refractivity contribution is 0.0636. The van der Waals surface area contributed by atoms with Crippen molar-refractivity contribution < 1.29 is 18.3 Å². The third-order valence-electron chi connectivity index (χ3n) is 7.99. The Balaban J connectivity index is 1.36. The van der Waals surface area contributed by atoms with Crippen LogP contribution in [0.3, 0.4) is 0 Å². The molecule has 3 aliphatic rings. The van der Waals surface area contributed by atoms with E-state index in [4.69, 9.17) is 16.3 Å². The molecule has 1 aliphatic carbocycles. The zero-order valence-electron chi connectivity index (χ0n) is 21.7. The van der Waals surface area contributed by atoms with Crippen molar-refractivity contribution in [1.29, 1.82) is 5.26 Å². The highest BCUT2D eigenvalue weighted by Gasteiger charge is 2.71. The molecule has 2 N–H and O–H groups in total. The number of thiophene rings is 1. The number of halogens is 3. The fourth-order valence-electron chi connectivity index (χ4n) is 6.15. The van der Waals surface area contributed by atoms with Crippen LogP contribution in [0, 0.1) is 28.4 Å². The molecule has 0 bridgehead atoms. The van der Waals surface area contributed by atoms with Crippen LogP contribution in [0.4, 0.5) is 24.4 Å². The Morgan fingerprint density at radius 3 is 2.80 bits per heavy atom. The first kappa shape index (κ1) is 25.4. The third kappa shape index (κ3) is 3.66. The van der Waals surface area contributed by atoms with Gasteiger partial charge in [-0.2, -0.15) is 5.26 Å². The maximum absolute atomic E-state index is 16.3. The lowest BCUT2D eigenvalue weighted by Gasteiger charge is -2.29. The largest absolute Gasteiger partial charge is 0.444 e. The number of rotatable bonds is 3. The van der Waals surface area contributed by atoms with Crippen molar-refractivity contribution in [3.8, 4) is 17.2 Å². The van der Waals surface area contributed by atoms with E-state index < -0.39 is 23.3 Å². The molecule has 12 heteroatoms. The van der Waals surface area contributed by atoms with E-state index in [0.29, 0.717) is 23.3 Å². The van der Waals surface area contributed by atoms with Crippen LogP contribution in [0.2, 0.25) is 5.02 Å². The first-order valence-electron chi connectivity index (χ1n) is 12.8. The molecule has 4 aromatic rings. The number of carbonyl (C=O) groups is 1. The van der Waals surface area contributed by atoms with Crippen molar-refractivity contribution >= 4 is 60.8 Å². The summed E-state index contributed by atoms with van der Waals surface area (Å²) in [5, 5.41) is 16.9. The summed E-state index contributed by atoms with van der Waals surface area (Å²) in [7, 11) is 0. The summed E-state index contributed by atoms with van der Waals surface area (Å²) < 4.78 is 36.7. The van der Waals surface area contributed by atoms with Crippen molar-refractivity contribution in [2.75, 3.05) is 23.3 Å². The van der Waals surface area contributed by atoms with Gasteiger partial charge in [0.05, 0.1) is 15.3 Å². The molecule has 1 spiro atoms. The van der Waals surface area contributed by atoms with Gasteiger partial charge in [0.1, 0.15) is 40.2 Å². The summed E-state index contributed by atoms with van der Waals surface area (Å²) in [5.74, 6) is -0.692. The average molecular weight is 581 g/mol. The second-order valence-corrected chi connectivity index (χ2v) is 13.0. The minimum atomic E-state index is -0.792. The maximum Gasteiger partial charge on any atom is 0.412 e. The molecule has 8 nitrogen and oxygen atoms in total. The van der Waals surface area contributed by atoms with E-state index in [-0.39, 0.29) is 47.7 Å². The number of fused-ring (bicyclic) bond motifs is 2. The fraction of sp³-hybridized carbons (Fsp3) is 0.357. The van der Waals surface area contributed by atoms with Crippen LogP contribution in [0.5, 0.6) is 0 Å². The number of anilines is 2. The molecule has 3 unspecified atom stereocenters. The molecule has 0 radical (unpaired) electrons. The van der Waals surface area contributed by atoms with Crippen molar-refractivity contribution in [1.82, 2.24) is 15.3 Å². The smallest absolute Gasteiger partial charge is 0.412 e. The minimum absolute atomic E-state index is 0.00839. The molecular weight excluding hydrogens is 558 g/mol. The topological polar surface area (TPSA) is 103 Å². The Labute approximate surface area is 236 Å². The minimum Gasteiger partial charge on any atom is -0.444 e. The summed E-state index contributed by atoms with van der Waals surface area (Å²) in [6, 6.07) is 7.20. The van der Waals surface area contributed by atoms with E-state index in [9.17, 15) is 10.1 Å². The van der Waals surface area contributed by atoms with Crippen molar-refractivity contribution in [3.05, 3.63) is 46.7 Å². The fourth-order valence-corrected chi connectivity index (χ4v) is 7.51. The van der Waals surface area contributed by atoms with Crippen LogP contribution < -0.4 is 15.5 Å². The highest BCUT2D eigenvalue weighted by atomic mass is 35.5. The van der Waals surface area contributed by atoms with Gasteiger partial charge in [-0.15, -0.1) is 11.3 Å². The van der Waals surface area contributed by atoms with Gasteiger partial charge in [0, 0.05) is 46.9 Å². The molecule has 3 fully saturated rings. The Bertz CT molecular complexity index is 1810. The third-order valence-corrected chi connectivity index (χ3v) is 9.40. The van der Waals surface area contributed by atoms with Gasteiger partial charge >= 0.3 is 6.09 Å². The standard InChI is InChI=1S/C28H23ClF2N6O2S/c1-27(2,3)39-26(38)36-25-14(8-32)19-12(4-5-16(30)23(19)40-25)20-15(29)6-13-22(21(20)31)33-11-34-24(13)37-9-18-28(10-37)7-17(28)35-18/h4-6,11,17-18,35H,7,9-10H2,1-3H3,(H,36,38). The van der Waals surface area contributed by atoms with Crippen LogP contribution in [-0.2, 0) is 4.74 Å². The van der Waals surface area contributed by atoms with E-state index >= 15 is 8.78 Å². The molecule has 2 aromatic heterocycles. The zero-order valence-corrected chi connectivity index (χ0v) is 23.3. The van der Waals surface area contributed by atoms with Crippen molar-refractivity contribution in [2.24, 2.45) is 5.41 Å². The van der Waals surface area contributed by atoms with Gasteiger partial charge in [-0.05, 0) is 44.9 Å². The number of aromatic nitrogens is 2. The number of carbonyl (C=O) groups excluding carboxylic acids is 1. The van der Waals surface area contributed by atoms with Gasteiger partial charge in [0.15, 0.2) is 5.82 Å². The molecule has 7 rings (SSSR count). The molecule has 2 aliphatic heterocycles. The zero-order chi connectivity index (χ0) is 28.1. The number of ether oxygens (including phenoxy) is 1. The van der Waals surface area contributed by atoms with Gasteiger partial charge < -0.3 is 15.0 Å². The monoisotopic (exact) mass is 580 g/mol. The number of nitriles is 1. The van der Waals surface area contributed by atoms with Crippen LogP contribution in [-0.4, -0.2) is 46.8 Å². The second-order valence-electron chi connectivity index (χ2n) is 11.6. The van der Waals surface area contributed by atoms with Crippen LogP contribution in [0.25, 0.3) is 32.1 Å². The highest BCUT2D eigenvalue weighted by molar-refractivity contribution is 7.23. The van der Waals surface area contributed by atoms with Gasteiger partial charge in [0.25, 0.3) is 0 Å². The molecule has 3 atom stereocenters. The lowest BCUT2D eigenvalue weighted by atomic mass is 9.93. The van der Waals surface area contributed by atoms with Gasteiger partial charge in [-0.25, -0.2) is 23.5 Å². The summed E-state index contributed by atoms with van der Waals surface area (Å²) in [4.78, 5) is 23.3. The van der Waals surface area contributed by atoms with Crippen molar-refractivity contribution in [2.45, 2.75) is 44.9 Å².